The van der Waals surface area contributed by atoms with E-state index in [1.54, 1.807) is 17.0 Å². The smallest absolute Gasteiger partial charge is 0.261 e. The molecule has 0 saturated carbocycles. The van der Waals surface area contributed by atoms with Crippen molar-refractivity contribution in [2.45, 2.75) is 6.54 Å². The molecule has 2 heterocycles. The average Bonchev–Trinajstić information content (AvgIpc) is 2.23. The number of aromatic nitrogens is 3. The first-order valence-corrected chi connectivity index (χ1v) is 4.86. The summed E-state index contributed by atoms with van der Waals surface area (Å²) in [5, 5.41) is 0.553. The Hall–Kier alpha value is -1.36. The van der Waals surface area contributed by atoms with Crippen molar-refractivity contribution in [3.05, 3.63) is 35.1 Å². The van der Waals surface area contributed by atoms with Gasteiger partial charge in [-0.15, -0.1) is 0 Å². The minimum atomic E-state index is -0.0582. The predicted octanol–water partition coefficient (Wildman–Crippen LogP) is 0.721. The van der Waals surface area contributed by atoms with E-state index in [1.807, 2.05) is 6.07 Å². The summed E-state index contributed by atoms with van der Waals surface area (Å²) in [6.07, 6.45) is 4.71. The van der Waals surface area contributed by atoms with Crippen LogP contribution < -0.4 is 5.56 Å². The number of aryl methyl sites for hydroxylation is 1. The van der Waals surface area contributed by atoms with Gasteiger partial charge in [0.25, 0.3) is 5.56 Å². The number of fused-ring (bicyclic) bond motifs is 1. The number of rotatable bonds is 2. The molecule has 2 aromatic heterocycles. The Kier molecular flexibility index (Phi) is 2.49. The molecule has 0 unspecified atom stereocenters. The van der Waals surface area contributed by atoms with Gasteiger partial charge in [0.15, 0.2) is 0 Å². The zero-order valence-electron chi connectivity index (χ0n) is 7.42. The van der Waals surface area contributed by atoms with Crippen molar-refractivity contribution in [3.63, 3.8) is 0 Å². The molecular weight excluding hydrogens is 198 g/mol. The van der Waals surface area contributed by atoms with E-state index in [9.17, 15) is 4.79 Å². The lowest BCUT2D eigenvalue weighted by atomic mass is 10.3. The summed E-state index contributed by atoms with van der Waals surface area (Å²) in [6.45, 7) is 0.604. The third-order valence-electron chi connectivity index (χ3n) is 1.99. The second-order valence-corrected chi connectivity index (χ2v) is 3.31. The van der Waals surface area contributed by atoms with E-state index >= 15 is 0 Å². The van der Waals surface area contributed by atoms with Gasteiger partial charge in [0.1, 0.15) is 6.33 Å². The minimum Gasteiger partial charge on any atom is -0.314 e. The van der Waals surface area contributed by atoms with Gasteiger partial charge in [-0.05, 0) is 6.07 Å². The number of thiol groups is 1. The summed E-state index contributed by atoms with van der Waals surface area (Å²) in [6, 6.07) is 1.81. The number of hydrogen-bond donors (Lipinski definition) is 1. The lowest BCUT2D eigenvalue weighted by molar-refractivity contribution is 0.743. The van der Waals surface area contributed by atoms with Crippen molar-refractivity contribution in [2.75, 3.05) is 5.75 Å². The van der Waals surface area contributed by atoms with E-state index in [2.05, 4.69) is 22.6 Å². The number of pyridine rings is 1. The van der Waals surface area contributed by atoms with Crippen LogP contribution in [0, 0.1) is 0 Å². The van der Waals surface area contributed by atoms with Gasteiger partial charge in [-0.25, -0.2) is 9.97 Å². The highest BCUT2D eigenvalue weighted by Crippen LogP contribution is 2.02. The first kappa shape index (κ1) is 9.21. The minimum absolute atomic E-state index is 0.0582. The fourth-order valence-electron chi connectivity index (χ4n) is 1.30. The maximum absolute atomic E-state index is 11.8. The number of nitrogens with zero attached hydrogens (tertiary/aromatic N) is 3. The van der Waals surface area contributed by atoms with E-state index in [1.165, 1.54) is 6.33 Å². The van der Waals surface area contributed by atoms with Gasteiger partial charge in [-0.1, -0.05) is 0 Å². The molecular formula is C9H9N3OS. The van der Waals surface area contributed by atoms with Crippen molar-refractivity contribution >= 4 is 23.5 Å². The van der Waals surface area contributed by atoms with Gasteiger partial charge in [0, 0.05) is 24.7 Å². The lowest BCUT2D eigenvalue weighted by Crippen LogP contribution is -2.20. The van der Waals surface area contributed by atoms with Crippen molar-refractivity contribution in [1.29, 1.82) is 0 Å². The Morgan fingerprint density at radius 2 is 2.36 bits per heavy atom. The Morgan fingerprint density at radius 3 is 3.14 bits per heavy atom. The third kappa shape index (κ3) is 1.50. The summed E-state index contributed by atoms with van der Waals surface area (Å²) >= 11 is 4.08. The van der Waals surface area contributed by atoms with Gasteiger partial charge in [-0.2, -0.15) is 12.6 Å². The van der Waals surface area contributed by atoms with E-state index < -0.39 is 0 Å². The maximum Gasteiger partial charge on any atom is 0.261 e. The van der Waals surface area contributed by atoms with Gasteiger partial charge >= 0.3 is 0 Å². The summed E-state index contributed by atoms with van der Waals surface area (Å²) < 4.78 is 1.61. The SMILES string of the molecule is O=c1c2cncnc2ccn1CCS. The fraction of sp³-hybridized carbons (Fsp3) is 0.222. The van der Waals surface area contributed by atoms with Crippen LogP contribution in [0.4, 0.5) is 0 Å². The van der Waals surface area contributed by atoms with Crippen LogP contribution in [0.1, 0.15) is 0 Å². The van der Waals surface area contributed by atoms with Crippen LogP contribution >= 0.6 is 12.6 Å². The van der Waals surface area contributed by atoms with Crippen LogP contribution in [0.5, 0.6) is 0 Å². The molecule has 0 bridgehead atoms. The van der Waals surface area contributed by atoms with E-state index in [4.69, 9.17) is 0 Å². The van der Waals surface area contributed by atoms with Crippen molar-refractivity contribution in [2.24, 2.45) is 0 Å². The Labute approximate surface area is 86.0 Å². The first-order valence-electron chi connectivity index (χ1n) is 4.23. The molecule has 14 heavy (non-hydrogen) atoms. The molecule has 0 aliphatic carbocycles. The van der Waals surface area contributed by atoms with Crippen LogP contribution in [0.15, 0.2) is 29.6 Å². The molecule has 0 aliphatic rings. The molecule has 2 rings (SSSR count). The molecule has 72 valence electrons. The standard InChI is InChI=1S/C9H9N3OS/c13-9-7-5-10-6-11-8(7)1-2-12(9)3-4-14/h1-2,5-6,14H,3-4H2. The molecule has 0 saturated heterocycles. The Balaban J connectivity index is 2.69. The monoisotopic (exact) mass is 207 g/mol. The summed E-state index contributed by atoms with van der Waals surface area (Å²) in [5.74, 6) is 0.638. The second kappa shape index (κ2) is 3.79. The highest BCUT2D eigenvalue weighted by atomic mass is 32.1. The molecule has 5 heteroatoms. The highest BCUT2D eigenvalue weighted by molar-refractivity contribution is 7.80. The van der Waals surface area contributed by atoms with Crippen LogP contribution in [-0.4, -0.2) is 20.3 Å². The van der Waals surface area contributed by atoms with Crippen LogP contribution in [0.25, 0.3) is 10.9 Å². The van der Waals surface area contributed by atoms with E-state index in [0.29, 0.717) is 23.2 Å². The van der Waals surface area contributed by atoms with Gasteiger partial charge < -0.3 is 4.57 Å². The molecule has 0 aliphatic heterocycles. The zero-order valence-corrected chi connectivity index (χ0v) is 8.32. The fourth-order valence-corrected chi connectivity index (χ4v) is 1.52. The molecule has 0 radical (unpaired) electrons. The molecule has 4 nitrogen and oxygen atoms in total. The molecule has 0 N–H and O–H groups in total. The average molecular weight is 207 g/mol. The van der Waals surface area contributed by atoms with Gasteiger partial charge in [0.05, 0.1) is 10.9 Å². The normalized spacial score (nSPS) is 10.6. The summed E-state index contributed by atoms with van der Waals surface area (Å²) in [7, 11) is 0. The molecule has 0 amide bonds. The molecule has 0 spiro atoms. The lowest BCUT2D eigenvalue weighted by Gasteiger charge is -2.03. The molecule has 0 atom stereocenters. The van der Waals surface area contributed by atoms with Crippen LogP contribution in [-0.2, 0) is 6.54 Å². The Bertz CT molecular complexity index is 509. The second-order valence-electron chi connectivity index (χ2n) is 2.86. The van der Waals surface area contributed by atoms with E-state index in [-0.39, 0.29) is 5.56 Å². The van der Waals surface area contributed by atoms with Crippen LogP contribution in [0.3, 0.4) is 0 Å². The van der Waals surface area contributed by atoms with Crippen molar-refractivity contribution in [3.8, 4) is 0 Å². The zero-order chi connectivity index (χ0) is 9.97. The highest BCUT2D eigenvalue weighted by Gasteiger charge is 2.01. The molecule has 0 aromatic carbocycles. The summed E-state index contributed by atoms with van der Waals surface area (Å²) in [5.41, 5.74) is 0.623. The van der Waals surface area contributed by atoms with Gasteiger partial charge in [-0.3, -0.25) is 4.79 Å². The summed E-state index contributed by atoms with van der Waals surface area (Å²) in [4.78, 5) is 19.6. The predicted molar refractivity (Wildman–Crippen MR) is 57.7 cm³/mol. The van der Waals surface area contributed by atoms with Gasteiger partial charge in [0.2, 0.25) is 0 Å². The molecule has 0 fully saturated rings. The number of hydrogen-bond acceptors (Lipinski definition) is 4. The van der Waals surface area contributed by atoms with Crippen molar-refractivity contribution < 1.29 is 0 Å². The third-order valence-corrected chi connectivity index (χ3v) is 2.19. The first-order chi connectivity index (χ1) is 6.83. The van der Waals surface area contributed by atoms with E-state index in [0.717, 1.165) is 0 Å². The topological polar surface area (TPSA) is 47.8 Å². The largest absolute Gasteiger partial charge is 0.314 e. The quantitative estimate of drug-likeness (QED) is 0.738. The Morgan fingerprint density at radius 1 is 1.50 bits per heavy atom. The van der Waals surface area contributed by atoms with Crippen molar-refractivity contribution in [1.82, 2.24) is 14.5 Å². The maximum atomic E-state index is 11.8. The molecule has 2 aromatic rings. The van der Waals surface area contributed by atoms with Crippen LogP contribution in [0.2, 0.25) is 0 Å².